The van der Waals surface area contributed by atoms with Crippen molar-refractivity contribution in [1.82, 2.24) is 20.3 Å². The normalized spacial score (nSPS) is 23.9. The van der Waals surface area contributed by atoms with Crippen LogP contribution in [0.25, 0.3) is 0 Å². The van der Waals surface area contributed by atoms with E-state index in [0.29, 0.717) is 36.8 Å². The van der Waals surface area contributed by atoms with Gasteiger partial charge in [0.15, 0.2) is 6.73 Å². The maximum atomic E-state index is 12.8. The van der Waals surface area contributed by atoms with Crippen molar-refractivity contribution in [3.8, 4) is 11.6 Å². The summed E-state index contributed by atoms with van der Waals surface area (Å²) in [5.41, 5.74) is 1.32. The third-order valence-corrected chi connectivity index (χ3v) is 10.3. The number of nitrogens with one attached hydrogen (secondary N) is 1. The molecule has 3 aliphatic heterocycles. The minimum absolute atomic E-state index is 0.00759. The molecule has 236 valence electrons. The molecule has 1 N–H and O–H groups in total. The van der Waals surface area contributed by atoms with Gasteiger partial charge in [-0.05, 0) is 86.0 Å². The van der Waals surface area contributed by atoms with Crippen molar-refractivity contribution >= 4 is 16.0 Å². The molecule has 0 radical (unpaired) electrons. The number of carbonyl (C=O) groups is 1. The first-order valence-electron chi connectivity index (χ1n) is 15.4. The summed E-state index contributed by atoms with van der Waals surface area (Å²) in [6.45, 7) is 4.02. The van der Waals surface area contributed by atoms with Crippen LogP contribution in [0.1, 0.15) is 50.5 Å². The van der Waals surface area contributed by atoms with Gasteiger partial charge in [0, 0.05) is 31.6 Å². The number of nitrogens with zero attached hydrogens (tertiary/aromatic N) is 4. The molecule has 3 saturated heterocycles. The van der Waals surface area contributed by atoms with E-state index >= 15 is 0 Å². The van der Waals surface area contributed by atoms with Gasteiger partial charge in [-0.2, -0.15) is 8.42 Å². The number of carbonyl (C=O) groups excluding carboxylic acids is 1. The van der Waals surface area contributed by atoms with Crippen LogP contribution in [-0.4, -0.2) is 67.7 Å². The van der Waals surface area contributed by atoms with Crippen LogP contribution >= 0.6 is 0 Å². The smallest absolute Gasteiger partial charge is 0.420 e. The van der Waals surface area contributed by atoms with E-state index in [1.807, 2.05) is 0 Å². The number of benzene rings is 2. The fraction of sp³-hybridized carbons (Fsp3) is 0.516. The standard InChI is InChI=1S/C31H39N5O7S/c37-28(32-22-41-30-31(36(38)43-33-30)44(39,40)42-25-13-5-2-6-14-25)17-7-16-27-26-15-9-19-34-18-8-12-24(29(26)34)21-35(27)20-23-10-3-1-4-11-23/h1-6,10-11,13-14,24,26-27,29H,7-9,12,15-22H2,(H,32,37)/t24-,26+,27+,29-/m0/s1. The predicted molar refractivity (Wildman–Crippen MR) is 159 cm³/mol. The molecule has 3 fully saturated rings. The van der Waals surface area contributed by atoms with Gasteiger partial charge >= 0.3 is 21.0 Å². The van der Waals surface area contributed by atoms with E-state index < -0.39 is 21.0 Å². The molecule has 4 atom stereocenters. The Morgan fingerprint density at radius 1 is 1.07 bits per heavy atom. The summed E-state index contributed by atoms with van der Waals surface area (Å²) in [5, 5.41) is 17.1. The van der Waals surface area contributed by atoms with Crippen molar-refractivity contribution in [1.29, 1.82) is 0 Å². The van der Waals surface area contributed by atoms with E-state index in [2.05, 4.69) is 55.2 Å². The van der Waals surface area contributed by atoms with Gasteiger partial charge < -0.3 is 19.4 Å². The number of hydrogen-bond donors (Lipinski definition) is 1. The molecule has 3 aromatic rings. The number of likely N-dealkylation sites (tertiary alicyclic amines) is 1. The Kier molecular flexibility index (Phi) is 9.33. The molecule has 0 saturated carbocycles. The molecule has 4 heterocycles. The van der Waals surface area contributed by atoms with Gasteiger partial charge in [-0.25, -0.2) is 0 Å². The van der Waals surface area contributed by atoms with Crippen LogP contribution in [0.5, 0.6) is 11.6 Å². The fourth-order valence-corrected chi connectivity index (χ4v) is 8.35. The van der Waals surface area contributed by atoms with E-state index in [1.165, 1.54) is 56.5 Å². The summed E-state index contributed by atoms with van der Waals surface area (Å²) in [6.07, 6.45) is 6.94. The molecular weight excluding hydrogens is 586 g/mol. The Hall–Kier alpha value is -3.68. The van der Waals surface area contributed by atoms with Gasteiger partial charge in [-0.1, -0.05) is 48.5 Å². The van der Waals surface area contributed by atoms with Crippen molar-refractivity contribution < 1.29 is 31.7 Å². The summed E-state index contributed by atoms with van der Waals surface area (Å²) in [6, 6.07) is 19.4. The molecule has 0 unspecified atom stereocenters. The lowest BCUT2D eigenvalue weighted by Crippen LogP contribution is -2.64. The Morgan fingerprint density at radius 2 is 1.80 bits per heavy atom. The molecule has 44 heavy (non-hydrogen) atoms. The zero-order chi connectivity index (χ0) is 30.5. The highest BCUT2D eigenvalue weighted by Crippen LogP contribution is 2.43. The summed E-state index contributed by atoms with van der Waals surface area (Å²) < 4.78 is 40.1. The minimum atomic E-state index is -4.60. The molecule has 0 spiro atoms. The molecule has 13 heteroatoms. The maximum Gasteiger partial charge on any atom is 0.420 e. The van der Waals surface area contributed by atoms with Crippen LogP contribution in [0, 0.1) is 17.0 Å². The van der Waals surface area contributed by atoms with Crippen LogP contribution in [0.4, 0.5) is 0 Å². The van der Waals surface area contributed by atoms with Gasteiger partial charge in [0.1, 0.15) is 5.75 Å². The first-order chi connectivity index (χ1) is 21.4. The van der Waals surface area contributed by atoms with Crippen LogP contribution in [-0.2, 0) is 21.5 Å². The van der Waals surface area contributed by atoms with Crippen LogP contribution < -0.4 is 19.1 Å². The summed E-state index contributed by atoms with van der Waals surface area (Å²) in [4.78, 5) is 17.8. The number of hydrogen-bond acceptors (Lipinski definition) is 10. The Balaban J connectivity index is 1.04. The van der Waals surface area contributed by atoms with Crippen molar-refractivity contribution in [2.45, 2.75) is 68.6 Å². The Bertz CT molecular complexity index is 1500. The van der Waals surface area contributed by atoms with E-state index in [9.17, 15) is 18.4 Å². The second-order valence-electron chi connectivity index (χ2n) is 11.9. The number of rotatable bonds is 12. The first-order valence-corrected chi connectivity index (χ1v) is 16.8. The highest BCUT2D eigenvalue weighted by molar-refractivity contribution is 7.87. The van der Waals surface area contributed by atoms with Crippen LogP contribution in [0.2, 0.25) is 0 Å². The Morgan fingerprint density at radius 3 is 2.57 bits per heavy atom. The predicted octanol–water partition coefficient (Wildman–Crippen LogP) is 3.07. The SMILES string of the molecule is O=C(CCC[C@@H]1[C@H]2CCCN3CCC[C@@H](CN1Cc1ccccc1)[C@@H]23)NCOc1no[n+]([O-])c1S(=O)(=O)Oc1ccccc1. The van der Waals surface area contributed by atoms with Crippen LogP contribution in [0.3, 0.4) is 0 Å². The van der Waals surface area contributed by atoms with E-state index in [-0.39, 0.29) is 23.3 Å². The quantitative estimate of drug-likeness (QED) is 0.181. The zero-order valence-electron chi connectivity index (χ0n) is 24.6. The number of para-hydroxylation sites is 1. The lowest BCUT2D eigenvalue weighted by atomic mass is 9.69. The van der Waals surface area contributed by atoms with Gasteiger partial charge in [-0.3, -0.25) is 19.2 Å². The first kappa shape index (κ1) is 30.4. The minimum Gasteiger partial charge on any atom is -0.433 e. The van der Waals surface area contributed by atoms with E-state index in [4.69, 9.17) is 8.92 Å². The van der Waals surface area contributed by atoms with Gasteiger partial charge in [0.05, 0.1) is 5.16 Å². The van der Waals surface area contributed by atoms with Crippen molar-refractivity contribution in [2.75, 3.05) is 26.4 Å². The molecule has 0 bridgehead atoms. The van der Waals surface area contributed by atoms with Gasteiger partial charge in [0.25, 0.3) is 0 Å². The van der Waals surface area contributed by atoms with E-state index in [0.717, 1.165) is 19.5 Å². The molecule has 3 aliphatic rings. The average molecular weight is 626 g/mol. The van der Waals surface area contributed by atoms with Crippen molar-refractivity contribution in [2.24, 2.45) is 11.8 Å². The number of ether oxygens (including phenoxy) is 1. The Labute approximate surface area is 257 Å². The summed E-state index contributed by atoms with van der Waals surface area (Å²) in [5.74, 6) is 0.472. The lowest BCUT2D eigenvalue weighted by Gasteiger charge is -2.57. The second-order valence-corrected chi connectivity index (χ2v) is 13.4. The van der Waals surface area contributed by atoms with Gasteiger partial charge in [-0.15, -0.1) is 0 Å². The van der Waals surface area contributed by atoms with Crippen molar-refractivity contribution in [3.05, 3.63) is 71.4 Å². The monoisotopic (exact) mass is 625 g/mol. The third-order valence-electron chi connectivity index (χ3n) is 9.12. The highest BCUT2D eigenvalue weighted by atomic mass is 32.2. The molecule has 1 aromatic heterocycles. The molecular formula is C31H39N5O7S. The number of aromatic nitrogens is 2. The van der Waals surface area contributed by atoms with Crippen LogP contribution in [0.15, 0.2) is 70.3 Å². The summed E-state index contributed by atoms with van der Waals surface area (Å²) in [7, 11) is -4.60. The molecule has 2 aromatic carbocycles. The average Bonchev–Trinajstić information content (AvgIpc) is 3.40. The molecule has 12 nitrogen and oxygen atoms in total. The summed E-state index contributed by atoms with van der Waals surface area (Å²) >= 11 is 0. The maximum absolute atomic E-state index is 12.8. The molecule has 6 rings (SSSR count). The number of piperidine rings is 3. The zero-order valence-corrected chi connectivity index (χ0v) is 25.4. The molecule has 0 aliphatic carbocycles. The second kappa shape index (κ2) is 13.5. The largest absolute Gasteiger partial charge is 0.433 e. The molecule has 1 amide bonds. The van der Waals surface area contributed by atoms with E-state index in [1.54, 1.807) is 18.2 Å². The van der Waals surface area contributed by atoms with Crippen molar-refractivity contribution in [3.63, 3.8) is 0 Å². The third kappa shape index (κ3) is 6.84. The number of amides is 1. The fourth-order valence-electron chi connectivity index (χ4n) is 7.38. The lowest BCUT2D eigenvalue weighted by molar-refractivity contribution is -0.832. The topological polar surface area (TPSA) is 141 Å². The van der Waals surface area contributed by atoms with Gasteiger partial charge in [0.2, 0.25) is 5.91 Å². The highest BCUT2D eigenvalue weighted by Gasteiger charge is 2.48.